The van der Waals surface area contributed by atoms with Crippen molar-refractivity contribution in [2.75, 3.05) is 19.6 Å². The van der Waals surface area contributed by atoms with Gasteiger partial charge in [0.25, 0.3) is 0 Å². The van der Waals surface area contributed by atoms with Crippen LogP contribution in [0, 0.1) is 0 Å². The third-order valence-electron chi connectivity index (χ3n) is 3.65. The van der Waals surface area contributed by atoms with Crippen molar-refractivity contribution in [2.24, 2.45) is 0 Å². The van der Waals surface area contributed by atoms with Crippen molar-refractivity contribution in [1.82, 2.24) is 20.4 Å². The summed E-state index contributed by atoms with van der Waals surface area (Å²) in [6.07, 6.45) is 2.34. The van der Waals surface area contributed by atoms with Crippen molar-refractivity contribution < 1.29 is 4.52 Å². The van der Waals surface area contributed by atoms with Crippen LogP contribution < -0.4 is 5.32 Å². The third kappa shape index (κ3) is 3.08. The molecule has 1 fully saturated rings. The SMILES string of the molecule is CCCN(Cc1nc(-c2ccsc2)no1)C1CCNC1. The first kappa shape index (κ1) is 13.7. The lowest BCUT2D eigenvalue weighted by Crippen LogP contribution is -2.37. The van der Waals surface area contributed by atoms with Crippen LogP contribution in [0.5, 0.6) is 0 Å². The number of thiophene rings is 1. The molecule has 5 nitrogen and oxygen atoms in total. The van der Waals surface area contributed by atoms with Crippen molar-refractivity contribution >= 4 is 11.3 Å². The second-order valence-electron chi connectivity index (χ2n) is 5.14. The summed E-state index contributed by atoms with van der Waals surface area (Å²) in [5.74, 6) is 1.41. The normalized spacial score (nSPS) is 19.0. The first-order chi connectivity index (χ1) is 9.86. The molecule has 2 aromatic heterocycles. The minimum atomic E-state index is 0.589. The fourth-order valence-electron chi connectivity index (χ4n) is 2.63. The maximum Gasteiger partial charge on any atom is 0.241 e. The predicted molar refractivity (Wildman–Crippen MR) is 79.6 cm³/mol. The van der Waals surface area contributed by atoms with Crippen molar-refractivity contribution in [3.05, 3.63) is 22.7 Å². The van der Waals surface area contributed by atoms with Gasteiger partial charge in [0.1, 0.15) is 0 Å². The molecule has 0 spiro atoms. The lowest BCUT2D eigenvalue weighted by Gasteiger charge is -2.26. The molecule has 0 bridgehead atoms. The van der Waals surface area contributed by atoms with E-state index in [1.807, 2.05) is 16.8 Å². The quantitative estimate of drug-likeness (QED) is 0.886. The van der Waals surface area contributed by atoms with Gasteiger partial charge in [-0.1, -0.05) is 12.1 Å². The lowest BCUT2D eigenvalue weighted by molar-refractivity contribution is 0.174. The number of rotatable bonds is 6. The van der Waals surface area contributed by atoms with Gasteiger partial charge in [-0.15, -0.1) is 0 Å². The molecular weight excluding hydrogens is 272 g/mol. The van der Waals surface area contributed by atoms with Crippen LogP contribution in [0.1, 0.15) is 25.7 Å². The van der Waals surface area contributed by atoms with Crippen molar-refractivity contribution in [3.63, 3.8) is 0 Å². The van der Waals surface area contributed by atoms with Gasteiger partial charge in [-0.25, -0.2) is 0 Å². The van der Waals surface area contributed by atoms with E-state index < -0.39 is 0 Å². The van der Waals surface area contributed by atoms with Gasteiger partial charge in [-0.3, -0.25) is 4.90 Å². The molecule has 2 aromatic rings. The van der Waals surface area contributed by atoms with Crippen LogP contribution in [-0.2, 0) is 6.54 Å². The van der Waals surface area contributed by atoms with Gasteiger partial charge in [0.15, 0.2) is 0 Å². The second-order valence-corrected chi connectivity index (χ2v) is 5.92. The largest absolute Gasteiger partial charge is 0.338 e. The molecule has 0 saturated carbocycles. The Balaban J connectivity index is 1.68. The molecule has 3 heterocycles. The van der Waals surface area contributed by atoms with Crippen LogP contribution >= 0.6 is 11.3 Å². The van der Waals surface area contributed by atoms with Gasteiger partial charge < -0.3 is 9.84 Å². The molecular formula is C14H20N4OS. The summed E-state index contributed by atoms with van der Waals surface area (Å²) in [5.41, 5.74) is 1.04. The minimum Gasteiger partial charge on any atom is -0.338 e. The Hall–Kier alpha value is -1.24. The first-order valence-corrected chi connectivity index (χ1v) is 8.11. The Labute approximate surface area is 123 Å². The van der Waals surface area contributed by atoms with Crippen LogP contribution in [0.3, 0.4) is 0 Å². The topological polar surface area (TPSA) is 54.2 Å². The molecule has 1 atom stereocenters. The Kier molecular flexibility index (Phi) is 4.44. The molecule has 0 radical (unpaired) electrons. The molecule has 1 aliphatic rings. The Bertz CT molecular complexity index is 519. The summed E-state index contributed by atoms with van der Waals surface area (Å²) in [6, 6.07) is 2.61. The van der Waals surface area contributed by atoms with E-state index in [9.17, 15) is 0 Å². The maximum atomic E-state index is 5.41. The molecule has 20 heavy (non-hydrogen) atoms. The van der Waals surface area contributed by atoms with Crippen LogP contribution in [0.15, 0.2) is 21.3 Å². The second kappa shape index (κ2) is 6.47. The summed E-state index contributed by atoms with van der Waals surface area (Å²) in [5, 5.41) is 11.6. The molecule has 108 valence electrons. The van der Waals surface area contributed by atoms with Gasteiger partial charge in [0.05, 0.1) is 6.54 Å². The first-order valence-electron chi connectivity index (χ1n) is 7.16. The molecule has 0 aromatic carbocycles. The molecule has 0 amide bonds. The Morgan fingerprint density at radius 2 is 2.50 bits per heavy atom. The number of nitrogens with zero attached hydrogens (tertiary/aromatic N) is 3. The standard InChI is InChI=1S/C14H20N4OS/c1-2-6-18(12-3-5-15-8-12)9-13-16-14(17-19-13)11-4-7-20-10-11/h4,7,10,12,15H,2-3,5-6,8-9H2,1H3. The van der Waals surface area contributed by atoms with Crippen molar-refractivity contribution in [3.8, 4) is 11.4 Å². The fraction of sp³-hybridized carbons (Fsp3) is 0.571. The van der Waals surface area contributed by atoms with Gasteiger partial charge in [-0.2, -0.15) is 16.3 Å². The molecule has 1 N–H and O–H groups in total. The number of hydrogen-bond donors (Lipinski definition) is 1. The zero-order valence-electron chi connectivity index (χ0n) is 11.7. The zero-order valence-corrected chi connectivity index (χ0v) is 12.5. The highest BCUT2D eigenvalue weighted by Crippen LogP contribution is 2.20. The van der Waals surface area contributed by atoms with E-state index in [-0.39, 0.29) is 0 Å². The van der Waals surface area contributed by atoms with E-state index in [1.165, 1.54) is 6.42 Å². The summed E-state index contributed by atoms with van der Waals surface area (Å²) in [4.78, 5) is 6.96. The highest BCUT2D eigenvalue weighted by Gasteiger charge is 2.23. The smallest absolute Gasteiger partial charge is 0.241 e. The average molecular weight is 292 g/mol. The predicted octanol–water partition coefficient (Wildman–Crippen LogP) is 2.37. The van der Waals surface area contributed by atoms with Crippen LogP contribution in [0.2, 0.25) is 0 Å². The van der Waals surface area contributed by atoms with E-state index >= 15 is 0 Å². The minimum absolute atomic E-state index is 0.589. The molecule has 1 unspecified atom stereocenters. The fourth-order valence-corrected chi connectivity index (χ4v) is 3.27. The summed E-state index contributed by atoms with van der Waals surface area (Å²) in [7, 11) is 0. The zero-order chi connectivity index (χ0) is 13.8. The van der Waals surface area contributed by atoms with Gasteiger partial charge >= 0.3 is 0 Å². The van der Waals surface area contributed by atoms with Crippen LogP contribution in [0.4, 0.5) is 0 Å². The van der Waals surface area contributed by atoms with E-state index in [0.717, 1.165) is 38.2 Å². The maximum absolute atomic E-state index is 5.41. The lowest BCUT2D eigenvalue weighted by atomic mass is 10.2. The summed E-state index contributed by atoms with van der Waals surface area (Å²) >= 11 is 1.65. The van der Waals surface area contributed by atoms with Gasteiger partial charge in [0.2, 0.25) is 11.7 Å². The monoisotopic (exact) mass is 292 g/mol. The average Bonchev–Trinajstić information content (AvgIpc) is 3.20. The summed E-state index contributed by atoms with van der Waals surface area (Å²) < 4.78 is 5.41. The number of nitrogens with one attached hydrogen (secondary N) is 1. The number of aromatic nitrogens is 2. The Morgan fingerprint density at radius 1 is 1.55 bits per heavy atom. The van der Waals surface area contributed by atoms with E-state index in [1.54, 1.807) is 11.3 Å². The van der Waals surface area contributed by atoms with Crippen LogP contribution in [0.25, 0.3) is 11.4 Å². The third-order valence-corrected chi connectivity index (χ3v) is 4.33. The van der Waals surface area contributed by atoms with Gasteiger partial charge in [0, 0.05) is 23.5 Å². The molecule has 1 aliphatic heterocycles. The highest BCUT2D eigenvalue weighted by atomic mass is 32.1. The van der Waals surface area contributed by atoms with E-state index in [0.29, 0.717) is 17.8 Å². The molecule has 3 rings (SSSR count). The van der Waals surface area contributed by atoms with E-state index in [2.05, 4.69) is 27.3 Å². The van der Waals surface area contributed by atoms with Crippen molar-refractivity contribution in [2.45, 2.75) is 32.4 Å². The Morgan fingerprint density at radius 3 is 3.20 bits per heavy atom. The number of hydrogen-bond acceptors (Lipinski definition) is 6. The van der Waals surface area contributed by atoms with Crippen molar-refractivity contribution in [1.29, 1.82) is 0 Å². The van der Waals surface area contributed by atoms with E-state index in [4.69, 9.17) is 4.52 Å². The molecule has 1 saturated heterocycles. The summed E-state index contributed by atoms with van der Waals surface area (Å²) in [6.45, 7) is 6.19. The molecule has 6 heteroatoms. The van der Waals surface area contributed by atoms with Crippen LogP contribution in [-0.4, -0.2) is 40.7 Å². The highest BCUT2D eigenvalue weighted by molar-refractivity contribution is 7.08. The van der Waals surface area contributed by atoms with Gasteiger partial charge in [-0.05, 0) is 37.4 Å². The molecule has 0 aliphatic carbocycles.